The second kappa shape index (κ2) is 8.17. The van der Waals surface area contributed by atoms with Crippen molar-refractivity contribution in [1.82, 2.24) is 21.3 Å². The van der Waals surface area contributed by atoms with Crippen LogP contribution in [0.15, 0.2) is 24.3 Å². The highest BCUT2D eigenvalue weighted by molar-refractivity contribution is 6.07. The predicted octanol–water partition coefficient (Wildman–Crippen LogP) is -0.543. The van der Waals surface area contributed by atoms with Crippen molar-refractivity contribution in [2.75, 3.05) is 6.54 Å². The molecule has 0 bridgehead atoms. The minimum absolute atomic E-state index is 0.0137. The average molecular weight is 375 g/mol. The third-order valence-corrected chi connectivity index (χ3v) is 4.51. The molecule has 9 heteroatoms. The van der Waals surface area contributed by atoms with Gasteiger partial charge in [-0.2, -0.15) is 0 Å². The van der Waals surface area contributed by atoms with E-state index in [0.29, 0.717) is 5.56 Å². The lowest BCUT2D eigenvalue weighted by Crippen LogP contribution is -2.47. The Kier molecular flexibility index (Phi) is 6.17. The Morgan fingerprint density at radius 1 is 1.15 bits per heavy atom. The molecule has 146 valence electrons. The lowest BCUT2D eigenvalue weighted by molar-refractivity contribution is -0.127. The Morgan fingerprint density at radius 3 is 2.30 bits per heavy atom. The van der Waals surface area contributed by atoms with Crippen LogP contribution in [0.1, 0.15) is 31.9 Å². The van der Waals surface area contributed by atoms with E-state index in [4.69, 9.17) is 5.73 Å². The van der Waals surface area contributed by atoms with Crippen molar-refractivity contribution < 1.29 is 19.2 Å². The smallest absolute Gasteiger partial charge is 0.322 e. The summed E-state index contributed by atoms with van der Waals surface area (Å²) in [4.78, 5) is 46.9. The molecule has 0 aromatic heterocycles. The zero-order valence-electron chi connectivity index (χ0n) is 15.6. The van der Waals surface area contributed by atoms with Crippen LogP contribution in [0.5, 0.6) is 0 Å². The van der Waals surface area contributed by atoms with Gasteiger partial charge in [0.1, 0.15) is 5.54 Å². The van der Waals surface area contributed by atoms with Crippen molar-refractivity contribution in [3.63, 3.8) is 0 Å². The van der Waals surface area contributed by atoms with E-state index in [1.807, 2.05) is 13.8 Å². The summed E-state index contributed by atoms with van der Waals surface area (Å²) >= 11 is 0. The quantitative estimate of drug-likeness (QED) is 0.407. The van der Waals surface area contributed by atoms with E-state index in [1.54, 1.807) is 31.2 Å². The molecule has 0 radical (unpaired) electrons. The molecule has 0 aliphatic carbocycles. The molecule has 1 fully saturated rings. The number of carbonyl (C=O) groups excluding carboxylic acids is 4. The van der Waals surface area contributed by atoms with Gasteiger partial charge in [-0.05, 0) is 24.0 Å². The highest BCUT2D eigenvalue weighted by Gasteiger charge is 2.43. The minimum atomic E-state index is -1.11. The molecule has 1 aliphatic rings. The maximum Gasteiger partial charge on any atom is 0.322 e. The van der Waals surface area contributed by atoms with E-state index in [0.717, 1.165) is 5.56 Å². The SMILES string of the molecule is CC(C)[C@H](N)C(=O)NCC(=O)NCc1ccc(C2(C)NC(=O)NC2=O)cc1. The van der Waals surface area contributed by atoms with E-state index in [2.05, 4.69) is 21.3 Å². The zero-order valence-corrected chi connectivity index (χ0v) is 15.6. The normalized spacial score (nSPS) is 20.0. The van der Waals surface area contributed by atoms with Crippen molar-refractivity contribution in [1.29, 1.82) is 0 Å². The number of amides is 5. The Labute approximate surface area is 157 Å². The summed E-state index contributed by atoms with van der Waals surface area (Å²) in [5.41, 5.74) is 6.04. The van der Waals surface area contributed by atoms with Gasteiger partial charge in [0.2, 0.25) is 11.8 Å². The van der Waals surface area contributed by atoms with Gasteiger partial charge in [-0.1, -0.05) is 38.1 Å². The van der Waals surface area contributed by atoms with Crippen molar-refractivity contribution in [2.24, 2.45) is 11.7 Å². The van der Waals surface area contributed by atoms with E-state index < -0.39 is 23.5 Å². The fourth-order valence-corrected chi connectivity index (χ4v) is 2.55. The van der Waals surface area contributed by atoms with Gasteiger partial charge < -0.3 is 21.7 Å². The van der Waals surface area contributed by atoms with Crippen LogP contribution >= 0.6 is 0 Å². The van der Waals surface area contributed by atoms with Crippen LogP contribution in [0, 0.1) is 5.92 Å². The fraction of sp³-hybridized carbons (Fsp3) is 0.444. The average Bonchev–Trinajstić information content (AvgIpc) is 2.90. The summed E-state index contributed by atoms with van der Waals surface area (Å²) in [5.74, 6) is -1.13. The molecule has 1 saturated heterocycles. The lowest BCUT2D eigenvalue weighted by atomic mass is 9.91. The number of rotatable bonds is 7. The van der Waals surface area contributed by atoms with Crippen molar-refractivity contribution in [3.8, 4) is 0 Å². The molecule has 1 aromatic carbocycles. The third kappa shape index (κ3) is 4.82. The summed E-state index contributed by atoms with van der Waals surface area (Å²) in [6.45, 7) is 5.39. The van der Waals surface area contributed by atoms with Crippen molar-refractivity contribution in [3.05, 3.63) is 35.4 Å². The van der Waals surface area contributed by atoms with Crippen molar-refractivity contribution in [2.45, 2.75) is 38.9 Å². The summed E-state index contributed by atoms with van der Waals surface area (Å²) < 4.78 is 0. The number of nitrogens with one attached hydrogen (secondary N) is 4. The maximum absolute atomic E-state index is 11.9. The first-order valence-corrected chi connectivity index (χ1v) is 8.66. The first-order chi connectivity index (χ1) is 12.6. The molecular weight excluding hydrogens is 350 g/mol. The Balaban J connectivity index is 1.85. The van der Waals surface area contributed by atoms with Gasteiger partial charge in [0.05, 0.1) is 12.6 Å². The number of carbonyl (C=O) groups is 4. The molecule has 1 aliphatic heterocycles. The number of hydrogen-bond acceptors (Lipinski definition) is 5. The molecule has 1 heterocycles. The van der Waals surface area contributed by atoms with Gasteiger partial charge in [0.25, 0.3) is 5.91 Å². The van der Waals surface area contributed by atoms with Crippen molar-refractivity contribution >= 4 is 23.8 Å². The van der Waals surface area contributed by atoms with Crippen LogP contribution in [-0.2, 0) is 26.5 Å². The molecule has 1 aromatic rings. The van der Waals surface area contributed by atoms with E-state index in [9.17, 15) is 19.2 Å². The van der Waals surface area contributed by atoms with Gasteiger partial charge >= 0.3 is 6.03 Å². The Morgan fingerprint density at radius 2 is 1.78 bits per heavy atom. The molecule has 5 amide bonds. The van der Waals surface area contributed by atoms with Gasteiger partial charge in [0.15, 0.2) is 0 Å². The number of hydrogen-bond donors (Lipinski definition) is 5. The molecule has 0 saturated carbocycles. The molecule has 27 heavy (non-hydrogen) atoms. The summed E-state index contributed by atoms with van der Waals surface area (Å²) in [7, 11) is 0. The highest BCUT2D eigenvalue weighted by Crippen LogP contribution is 2.24. The first kappa shape index (κ1) is 20.4. The number of imide groups is 1. The molecule has 6 N–H and O–H groups in total. The molecule has 1 unspecified atom stereocenters. The summed E-state index contributed by atoms with van der Waals surface area (Å²) in [5, 5.41) is 9.99. The van der Waals surface area contributed by atoms with Crippen LogP contribution in [0.2, 0.25) is 0 Å². The van der Waals surface area contributed by atoms with Crippen LogP contribution in [0.4, 0.5) is 4.79 Å². The maximum atomic E-state index is 11.9. The molecule has 9 nitrogen and oxygen atoms in total. The lowest BCUT2D eigenvalue weighted by Gasteiger charge is -2.21. The zero-order chi connectivity index (χ0) is 20.2. The summed E-state index contributed by atoms with van der Waals surface area (Å²) in [6.07, 6.45) is 0. The monoisotopic (exact) mass is 375 g/mol. The third-order valence-electron chi connectivity index (χ3n) is 4.51. The van der Waals surface area contributed by atoms with Crippen LogP contribution in [0.3, 0.4) is 0 Å². The highest BCUT2D eigenvalue weighted by atomic mass is 16.2. The number of urea groups is 1. The van der Waals surface area contributed by atoms with Crippen LogP contribution < -0.4 is 27.0 Å². The molecular formula is C18H25N5O4. The standard InChI is InChI=1S/C18H25N5O4/c1-10(2)14(19)15(25)21-9-13(24)20-8-11-4-6-12(7-5-11)18(3)16(26)22-17(27)23-18/h4-7,10,14H,8-9,19H2,1-3H3,(H,20,24)(H,21,25)(H2,22,23,26,27)/t14-,18?/m0/s1. The number of benzene rings is 1. The van der Waals surface area contributed by atoms with Gasteiger partial charge in [-0.25, -0.2) is 4.79 Å². The predicted molar refractivity (Wildman–Crippen MR) is 98.1 cm³/mol. The Hall–Kier alpha value is -2.94. The van der Waals surface area contributed by atoms with Gasteiger partial charge in [-0.3, -0.25) is 19.7 Å². The van der Waals surface area contributed by atoms with E-state index in [1.165, 1.54) is 0 Å². The summed E-state index contributed by atoms with van der Waals surface area (Å²) in [6, 6.07) is 5.77. The molecule has 2 atom stereocenters. The fourth-order valence-electron chi connectivity index (χ4n) is 2.55. The second-order valence-electron chi connectivity index (χ2n) is 6.99. The number of nitrogens with two attached hydrogens (primary N) is 1. The topological polar surface area (TPSA) is 142 Å². The van der Waals surface area contributed by atoms with E-state index >= 15 is 0 Å². The minimum Gasteiger partial charge on any atom is -0.350 e. The molecule has 0 spiro atoms. The van der Waals surface area contributed by atoms with Crippen LogP contribution in [0.25, 0.3) is 0 Å². The second-order valence-corrected chi connectivity index (χ2v) is 6.99. The Bertz CT molecular complexity index is 747. The first-order valence-electron chi connectivity index (χ1n) is 8.66. The molecule has 2 rings (SSSR count). The van der Waals surface area contributed by atoms with Gasteiger partial charge in [-0.15, -0.1) is 0 Å². The van der Waals surface area contributed by atoms with E-state index in [-0.39, 0.29) is 30.8 Å². The van der Waals surface area contributed by atoms with Crippen LogP contribution in [-0.4, -0.2) is 36.3 Å². The largest absolute Gasteiger partial charge is 0.350 e. The van der Waals surface area contributed by atoms with Gasteiger partial charge in [0, 0.05) is 6.54 Å².